The first kappa shape index (κ1) is 16.6. The van der Waals surface area contributed by atoms with E-state index >= 15 is 0 Å². The van der Waals surface area contributed by atoms with Gasteiger partial charge in [0.2, 0.25) is 0 Å². The number of benzene rings is 2. The molecule has 5 nitrogen and oxygen atoms in total. The maximum atomic E-state index is 12.1. The predicted octanol–water partition coefficient (Wildman–Crippen LogP) is 3.79. The molecule has 126 valence electrons. The van der Waals surface area contributed by atoms with Gasteiger partial charge in [0.05, 0.1) is 18.4 Å². The van der Waals surface area contributed by atoms with E-state index in [9.17, 15) is 4.79 Å². The van der Waals surface area contributed by atoms with E-state index in [1.807, 2.05) is 36.4 Å². The van der Waals surface area contributed by atoms with Crippen LogP contribution in [0.1, 0.15) is 29.3 Å². The number of hydrogen-bond donors (Lipinski definition) is 1. The molecule has 0 aliphatic rings. The van der Waals surface area contributed by atoms with Gasteiger partial charge in [-0.25, -0.2) is 5.43 Å². The minimum atomic E-state index is -0.305. The minimum Gasteiger partial charge on any atom is -0.493 e. The zero-order valence-corrected chi connectivity index (χ0v) is 14.0. The minimum absolute atomic E-state index is 0.305. The van der Waals surface area contributed by atoms with Crippen LogP contribution in [-0.2, 0) is 0 Å². The highest BCUT2D eigenvalue weighted by Crippen LogP contribution is 2.26. The van der Waals surface area contributed by atoms with Crippen LogP contribution in [0.15, 0.2) is 66.0 Å². The molecule has 0 aliphatic heterocycles. The van der Waals surface area contributed by atoms with Crippen molar-refractivity contribution in [1.29, 1.82) is 0 Å². The topological polar surface area (TPSA) is 63.6 Å². The van der Waals surface area contributed by atoms with Gasteiger partial charge in [0, 0.05) is 18.0 Å². The monoisotopic (exact) mass is 333 g/mol. The van der Waals surface area contributed by atoms with Crippen molar-refractivity contribution in [2.24, 2.45) is 5.10 Å². The lowest BCUT2D eigenvalue weighted by Gasteiger charge is -2.11. The molecule has 0 saturated heterocycles. The van der Waals surface area contributed by atoms with E-state index in [-0.39, 0.29) is 5.91 Å². The number of nitrogens with zero attached hydrogens (tertiary/aromatic N) is 2. The normalized spacial score (nSPS) is 10.9. The quantitative estimate of drug-likeness (QED) is 0.551. The molecule has 0 fully saturated rings. The molecular formula is C20H19N3O2. The Bertz CT molecular complexity index is 892. The fourth-order valence-corrected chi connectivity index (χ4v) is 2.46. The highest BCUT2D eigenvalue weighted by atomic mass is 16.5. The molecule has 0 saturated carbocycles. The first-order chi connectivity index (χ1) is 12.3. The summed E-state index contributed by atoms with van der Waals surface area (Å²) in [6.45, 7) is 2.68. The number of amides is 1. The summed E-state index contributed by atoms with van der Waals surface area (Å²) in [5, 5.41) is 6.22. The van der Waals surface area contributed by atoms with E-state index in [4.69, 9.17) is 4.74 Å². The van der Waals surface area contributed by atoms with E-state index < -0.39 is 0 Å². The van der Waals surface area contributed by atoms with Crippen LogP contribution in [0, 0.1) is 0 Å². The van der Waals surface area contributed by atoms with Crippen molar-refractivity contribution in [2.45, 2.75) is 13.3 Å². The third kappa shape index (κ3) is 4.01. The van der Waals surface area contributed by atoms with Gasteiger partial charge in [-0.3, -0.25) is 9.78 Å². The summed E-state index contributed by atoms with van der Waals surface area (Å²) in [4.78, 5) is 16.0. The van der Waals surface area contributed by atoms with Gasteiger partial charge in [0.15, 0.2) is 0 Å². The lowest BCUT2D eigenvalue weighted by molar-refractivity contribution is 0.0954. The van der Waals surface area contributed by atoms with Gasteiger partial charge in [-0.2, -0.15) is 5.10 Å². The molecule has 0 unspecified atom stereocenters. The van der Waals surface area contributed by atoms with Crippen molar-refractivity contribution in [1.82, 2.24) is 10.4 Å². The number of nitrogens with one attached hydrogen (secondary N) is 1. The third-order valence-electron chi connectivity index (χ3n) is 3.68. The molecule has 0 bridgehead atoms. The van der Waals surface area contributed by atoms with Crippen molar-refractivity contribution in [3.63, 3.8) is 0 Å². The number of aromatic nitrogens is 1. The standard InChI is InChI=1S/C20H19N3O2/c1-2-12-25-19-10-9-15-6-3-4-8-17(15)18(19)14-22-23-20(24)16-7-5-11-21-13-16/h3-11,13-14H,2,12H2,1H3,(H,23,24)/b22-14+. The number of ether oxygens (including phenoxy) is 1. The zero-order chi connectivity index (χ0) is 17.5. The predicted molar refractivity (Wildman–Crippen MR) is 99.0 cm³/mol. The molecule has 0 spiro atoms. The maximum Gasteiger partial charge on any atom is 0.272 e. The molecule has 25 heavy (non-hydrogen) atoms. The van der Waals surface area contributed by atoms with Crippen LogP contribution in [0.2, 0.25) is 0 Å². The molecule has 2 aromatic carbocycles. The lowest BCUT2D eigenvalue weighted by atomic mass is 10.0. The van der Waals surface area contributed by atoms with Gasteiger partial charge in [0.1, 0.15) is 5.75 Å². The number of carbonyl (C=O) groups excluding carboxylic acids is 1. The molecule has 3 aromatic rings. The van der Waals surface area contributed by atoms with Crippen molar-refractivity contribution in [2.75, 3.05) is 6.61 Å². The average molecular weight is 333 g/mol. The fraction of sp³-hybridized carbons (Fsp3) is 0.150. The third-order valence-corrected chi connectivity index (χ3v) is 3.68. The average Bonchev–Trinajstić information content (AvgIpc) is 2.67. The molecule has 1 heterocycles. The Labute approximate surface area is 146 Å². The molecule has 3 rings (SSSR count). The molecule has 0 radical (unpaired) electrons. The van der Waals surface area contributed by atoms with Crippen LogP contribution in [0.5, 0.6) is 5.75 Å². The van der Waals surface area contributed by atoms with E-state index in [1.54, 1.807) is 24.5 Å². The first-order valence-electron chi connectivity index (χ1n) is 8.17. The van der Waals surface area contributed by atoms with Crippen LogP contribution in [0.3, 0.4) is 0 Å². The Kier molecular flexibility index (Phi) is 5.36. The molecule has 5 heteroatoms. The second-order valence-electron chi connectivity index (χ2n) is 5.49. The summed E-state index contributed by atoms with van der Waals surface area (Å²) < 4.78 is 5.82. The van der Waals surface area contributed by atoms with Crippen LogP contribution in [-0.4, -0.2) is 23.7 Å². The smallest absolute Gasteiger partial charge is 0.272 e. The van der Waals surface area contributed by atoms with Gasteiger partial charge in [-0.1, -0.05) is 37.3 Å². The van der Waals surface area contributed by atoms with Gasteiger partial charge >= 0.3 is 0 Å². The van der Waals surface area contributed by atoms with E-state index in [0.717, 1.165) is 28.5 Å². The Morgan fingerprint density at radius 2 is 2.08 bits per heavy atom. The Morgan fingerprint density at radius 3 is 2.88 bits per heavy atom. The second-order valence-corrected chi connectivity index (χ2v) is 5.49. The van der Waals surface area contributed by atoms with Crippen LogP contribution in [0.25, 0.3) is 10.8 Å². The molecule has 1 amide bonds. The summed E-state index contributed by atoms with van der Waals surface area (Å²) in [5.41, 5.74) is 3.83. The first-order valence-corrected chi connectivity index (χ1v) is 8.17. The van der Waals surface area contributed by atoms with E-state index in [2.05, 4.69) is 22.4 Å². The summed E-state index contributed by atoms with van der Waals surface area (Å²) in [7, 11) is 0. The number of hydrogen-bond acceptors (Lipinski definition) is 4. The van der Waals surface area contributed by atoms with Gasteiger partial charge in [-0.15, -0.1) is 0 Å². The van der Waals surface area contributed by atoms with E-state index in [1.165, 1.54) is 6.20 Å². The summed E-state index contributed by atoms with van der Waals surface area (Å²) in [6, 6.07) is 15.3. The Morgan fingerprint density at radius 1 is 1.20 bits per heavy atom. The van der Waals surface area contributed by atoms with Crippen LogP contribution >= 0.6 is 0 Å². The number of fused-ring (bicyclic) bond motifs is 1. The van der Waals surface area contributed by atoms with Crippen LogP contribution in [0.4, 0.5) is 0 Å². The molecule has 0 aliphatic carbocycles. The molecule has 1 aromatic heterocycles. The Balaban J connectivity index is 1.87. The number of pyridine rings is 1. The molecule has 0 atom stereocenters. The second kappa shape index (κ2) is 8.06. The van der Waals surface area contributed by atoms with Gasteiger partial charge in [0.25, 0.3) is 5.91 Å². The van der Waals surface area contributed by atoms with Crippen molar-refractivity contribution in [3.05, 3.63) is 72.1 Å². The SMILES string of the molecule is CCCOc1ccc2ccccc2c1/C=N/NC(=O)c1cccnc1. The summed E-state index contributed by atoms with van der Waals surface area (Å²) in [6.07, 6.45) is 5.66. The number of rotatable bonds is 6. The van der Waals surface area contributed by atoms with Gasteiger partial charge in [-0.05, 0) is 35.4 Å². The largest absolute Gasteiger partial charge is 0.493 e. The number of carbonyl (C=O) groups is 1. The van der Waals surface area contributed by atoms with Crippen LogP contribution < -0.4 is 10.2 Å². The van der Waals surface area contributed by atoms with Gasteiger partial charge < -0.3 is 4.74 Å². The molecular weight excluding hydrogens is 314 g/mol. The maximum absolute atomic E-state index is 12.1. The lowest BCUT2D eigenvalue weighted by Crippen LogP contribution is -2.17. The number of hydrazone groups is 1. The summed E-state index contributed by atoms with van der Waals surface area (Å²) in [5.74, 6) is 0.445. The van der Waals surface area contributed by atoms with E-state index in [0.29, 0.717) is 12.2 Å². The van der Waals surface area contributed by atoms with Crippen molar-refractivity contribution >= 4 is 22.9 Å². The zero-order valence-electron chi connectivity index (χ0n) is 14.0. The van der Waals surface area contributed by atoms with Crippen molar-refractivity contribution < 1.29 is 9.53 Å². The Hall–Kier alpha value is -3.21. The van der Waals surface area contributed by atoms with Crippen molar-refractivity contribution in [3.8, 4) is 5.75 Å². The highest BCUT2D eigenvalue weighted by molar-refractivity contribution is 6.03. The molecule has 1 N–H and O–H groups in total. The summed E-state index contributed by atoms with van der Waals surface area (Å²) >= 11 is 0. The highest BCUT2D eigenvalue weighted by Gasteiger charge is 2.08. The fourth-order valence-electron chi connectivity index (χ4n) is 2.46.